The van der Waals surface area contributed by atoms with E-state index in [1.807, 2.05) is 0 Å². The van der Waals surface area contributed by atoms with Crippen molar-refractivity contribution >= 4 is 22.6 Å². The van der Waals surface area contributed by atoms with Gasteiger partial charge in [-0.25, -0.2) is 0 Å². The first kappa shape index (κ1) is 9.88. The van der Waals surface area contributed by atoms with E-state index in [1.165, 1.54) is 10.8 Å². The standard InChI is InChI=1S/C3H7I.Na.H/c1-2-3-4;;/h2-3H2,1H3;;/q;+1;-1. The summed E-state index contributed by atoms with van der Waals surface area (Å²) in [5.41, 5.74) is 0. The minimum Gasteiger partial charge on any atom is -1.00 e. The second kappa shape index (κ2) is 9.21. The first-order valence-electron chi connectivity index (χ1n) is 1.47. The predicted octanol–water partition coefficient (Wildman–Crippen LogP) is -1.05. The van der Waals surface area contributed by atoms with Gasteiger partial charge in [0.2, 0.25) is 0 Å². The molecule has 0 aromatic rings. The van der Waals surface area contributed by atoms with Crippen molar-refractivity contribution in [2.75, 3.05) is 4.43 Å². The minimum absolute atomic E-state index is 0. The zero-order chi connectivity index (χ0) is 3.41. The van der Waals surface area contributed by atoms with E-state index in [1.54, 1.807) is 0 Å². The third kappa shape index (κ3) is 10.7. The van der Waals surface area contributed by atoms with E-state index >= 15 is 0 Å². The number of halogens is 1. The SMILES string of the molecule is CCCI.[H-].[Na+]. The fraction of sp³-hybridized carbons (Fsp3) is 1.00. The molecule has 0 atom stereocenters. The van der Waals surface area contributed by atoms with Crippen LogP contribution in [0.4, 0.5) is 0 Å². The van der Waals surface area contributed by atoms with Crippen molar-refractivity contribution in [3.05, 3.63) is 0 Å². The second-order valence-corrected chi connectivity index (χ2v) is 1.77. The molecule has 0 bridgehead atoms. The Bertz CT molecular complexity index is 12.8. The molecule has 0 saturated carbocycles. The van der Waals surface area contributed by atoms with E-state index in [9.17, 15) is 0 Å². The van der Waals surface area contributed by atoms with Crippen LogP contribution >= 0.6 is 22.6 Å². The molecule has 0 radical (unpaired) electrons. The van der Waals surface area contributed by atoms with Gasteiger partial charge >= 0.3 is 29.6 Å². The molecule has 0 heterocycles. The molecular weight excluding hydrogens is 186 g/mol. The minimum atomic E-state index is 0. The van der Waals surface area contributed by atoms with Gasteiger partial charge in [0.25, 0.3) is 0 Å². The van der Waals surface area contributed by atoms with Crippen LogP contribution in [-0.2, 0) is 0 Å². The van der Waals surface area contributed by atoms with Crippen LogP contribution in [-0.4, -0.2) is 4.43 Å². The zero-order valence-electron chi connectivity index (χ0n) is 4.79. The Hall–Kier alpha value is 1.73. The average molecular weight is 194 g/mol. The van der Waals surface area contributed by atoms with Gasteiger partial charge in [-0.15, -0.1) is 0 Å². The van der Waals surface area contributed by atoms with Crippen LogP contribution in [0.1, 0.15) is 14.8 Å². The summed E-state index contributed by atoms with van der Waals surface area (Å²) in [6.07, 6.45) is 1.31. The van der Waals surface area contributed by atoms with Crippen molar-refractivity contribution in [2.24, 2.45) is 0 Å². The summed E-state index contributed by atoms with van der Waals surface area (Å²) in [4.78, 5) is 0. The van der Waals surface area contributed by atoms with Crippen LogP contribution in [0.2, 0.25) is 0 Å². The Morgan fingerprint density at radius 2 is 2.00 bits per heavy atom. The number of alkyl halides is 1. The molecule has 0 aliphatic heterocycles. The van der Waals surface area contributed by atoms with Gasteiger partial charge in [-0.2, -0.15) is 0 Å². The fourth-order valence-corrected chi connectivity index (χ4v) is 0. The first-order chi connectivity index (χ1) is 1.91. The van der Waals surface area contributed by atoms with Gasteiger partial charge in [0.05, 0.1) is 0 Å². The molecule has 0 aromatic heterocycles. The summed E-state index contributed by atoms with van der Waals surface area (Å²) < 4.78 is 1.29. The van der Waals surface area contributed by atoms with Crippen molar-refractivity contribution in [3.63, 3.8) is 0 Å². The van der Waals surface area contributed by atoms with E-state index in [2.05, 4.69) is 29.5 Å². The van der Waals surface area contributed by atoms with Crippen LogP contribution in [0, 0.1) is 0 Å². The third-order valence-corrected chi connectivity index (χ3v) is 1.27. The van der Waals surface area contributed by atoms with Crippen LogP contribution in [0.3, 0.4) is 0 Å². The number of hydrogen-bond acceptors (Lipinski definition) is 0. The molecule has 2 heteroatoms. The topological polar surface area (TPSA) is 0 Å². The first-order valence-corrected chi connectivity index (χ1v) is 3.00. The molecule has 0 aliphatic rings. The molecule has 0 aliphatic carbocycles. The molecule has 0 fully saturated rings. The van der Waals surface area contributed by atoms with Crippen molar-refractivity contribution < 1.29 is 31.0 Å². The molecule has 5 heavy (non-hydrogen) atoms. The Morgan fingerprint density at radius 1 is 1.80 bits per heavy atom. The number of rotatable bonds is 1. The maximum atomic E-state index is 2.35. The Kier molecular flexibility index (Phi) is 18.2. The molecule has 0 spiro atoms. The van der Waals surface area contributed by atoms with Gasteiger partial charge < -0.3 is 1.43 Å². The molecular formula is C3H8INa. The van der Waals surface area contributed by atoms with Crippen molar-refractivity contribution in [1.82, 2.24) is 0 Å². The maximum absolute atomic E-state index is 2.35. The van der Waals surface area contributed by atoms with Gasteiger partial charge in [0.15, 0.2) is 0 Å². The van der Waals surface area contributed by atoms with Gasteiger partial charge in [-0.3, -0.25) is 0 Å². The van der Waals surface area contributed by atoms with Gasteiger partial charge in [-0.05, 0) is 10.8 Å². The van der Waals surface area contributed by atoms with E-state index in [4.69, 9.17) is 0 Å². The Labute approximate surface area is 70.6 Å². The molecule has 0 saturated heterocycles. The Balaban J connectivity index is -0.0000000450. The van der Waals surface area contributed by atoms with E-state index in [0.717, 1.165) is 0 Å². The van der Waals surface area contributed by atoms with E-state index in [0.29, 0.717) is 0 Å². The largest absolute Gasteiger partial charge is 1.00 e. The van der Waals surface area contributed by atoms with Crippen LogP contribution in [0.5, 0.6) is 0 Å². The fourth-order valence-electron chi connectivity index (χ4n) is 0. The molecule has 0 amide bonds. The summed E-state index contributed by atoms with van der Waals surface area (Å²) in [5, 5.41) is 0. The van der Waals surface area contributed by atoms with Gasteiger partial charge in [-0.1, -0.05) is 29.5 Å². The normalized spacial score (nSPS) is 6.00. The molecule has 0 N–H and O–H groups in total. The quantitative estimate of drug-likeness (QED) is 0.284. The van der Waals surface area contributed by atoms with Crippen molar-refractivity contribution in [3.8, 4) is 0 Å². The van der Waals surface area contributed by atoms with Crippen LogP contribution < -0.4 is 29.6 Å². The van der Waals surface area contributed by atoms with E-state index in [-0.39, 0.29) is 31.0 Å². The van der Waals surface area contributed by atoms with Crippen molar-refractivity contribution in [2.45, 2.75) is 13.3 Å². The molecule has 0 unspecified atom stereocenters. The Morgan fingerprint density at radius 3 is 2.00 bits per heavy atom. The molecule has 0 rings (SSSR count). The second-order valence-electron chi connectivity index (χ2n) is 0.689. The molecule has 28 valence electrons. The molecule has 0 aromatic carbocycles. The third-order valence-electron chi connectivity index (χ3n) is 0.189. The van der Waals surface area contributed by atoms with Gasteiger partial charge in [0, 0.05) is 0 Å². The summed E-state index contributed by atoms with van der Waals surface area (Å²) in [5.74, 6) is 0. The van der Waals surface area contributed by atoms with Crippen LogP contribution in [0.25, 0.3) is 0 Å². The smallest absolute Gasteiger partial charge is 1.00 e. The zero-order valence-corrected chi connectivity index (χ0v) is 7.95. The van der Waals surface area contributed by atoms with Gasteiger partial charge in [0.1, 0.15) is 0 Å². The maximum Gasteiger partial charge on any atom is 1.00 e. The van der Waals surface area contributed by atoms with Crippen LogP contribution in [0.15, 0.2) is 0 Å². The molecule has 0 nitrogen and oxygen atoms in total. The summed E-state index contributed by atoms with van der Waals surface area (Å²) in [6, 6.07) is 0. The average Bonchev–Trinajstić information content (AvgIpc) is 1.37. The monoisotopic (exact) mass is 194 g/mol. The summed E-state index contributed by atoms with van der Waals surface area (Å²) in [7, 11) is 0. The predicted molar refractivity (Wildman–Crippen MR) is 30.3 cm³/mol. The summed E-state index contributed by atoms with van der Waals surface area (Å²) in [6.45, 7) is 2.17. The van der Waals surface area contributed by atoms with E-state index < -0.39 is 0 Å². The number of hydrogen-bond donors (Lipinski definition) is 0. The van der Waals surface area contributed by atoms with Crippen molar-refractivity contribution in [1.29, 1.82) is 0 Å². The summed E-state index contributed by atoms with van der Waals surface area (Å²) >= 11 is 2.35.